The first-order valence-corrected chi connectivity index (χ1v) is 10.2. The summed E-state index contributed by atoms with van der Waals surface area (Å²) in [4.78, 5) is 24.5. The summed E-state index contributed by atoms with van der Waals surface area (Å²) in [6, 6.07) is 5.47. The Hall–Kier alpha value is -2.50. The van der Waals surface area contributed by atoms with E-state index < -0.39 is 0 Å². The smallest absolute Gasteiger partial charge is 0.268 e. The van der Waals surface area contributed by atoms with Crippen molar-refractivity contribution in [2.24, 2.45) is 11.3 Å². The molecular weight excluding hydrogens is 368 g/mol. The predicted octanol–water partition coefficient (Wildman–Crippen LogP) is 3.90. The molecule has 1 aromatic carbocycles. The van der Waals surface area contributed by atoms with Crippen LogP contribution < -0.4 is 20.1 Å². The van der Waals surface area contributed by atoms with Gasteiger partial charge in [0.2, 0.25) is 5.91 Å². The van der Waals surface area contributed by atoms with Crippen LogP contribution in [-0.4, -0.2) is 32.1 Å². The fourth-order valence-corrected chi connectivity index (χ4v) is 3.82. The van der Waals surface area contributed by atoms with Gasteiger partial charge in [-0.05, 0) is 60.8 Å². The van der Waals surface area contributed by atoms with Crippen molar-refractivity contribution in [2.45, 2.75) is 59.4 Å². The van der Waals surface area contributed by atoms with Crippen molar-refractivity contribution in [2.75, 3.05) is 14.2 Å². The topological polar surface area (TPSA) is 76.7 Å². The van der Waals surface area contributed by atoms with Crippen LogP contribution in [0.3, 0.4) is 0 Å². The second-order valence-corrected chi connectivity index (χ2v) is 8.74. The van der Waals surface area contributed by atoms with Crippen molar-refractivity contribution in [1.82, 2.24) is 10.6 Å². The lowest BCUT2D eigenvalue weighted by atomic mass is 9.71. The quantitative estimate of drug-likeness (QED) is 0.708. The van der Waals surface area contributed by atoms with Crippen molar-refractivity contribution >= 4 is 17.9 Å². The number of amides is 2. The van der Waals surface area contributed by atoms with Crippen LogP contribution in [0.4, 0.5) is 0 Å². The van der Waals surface area contributed by atoms with E-state index in [-0.39, 0.29) is 23.6 Å². The van der Waals surface area contributed by atoms with Gasteiger partial charge in [0.1, 0.15) is 5.70 Å². The van der Waals surface area contributed by atoms with E-state index in [1.807, 2.05) is 6.07 Å². The number of carbonyl (C=O) groups is 2. The average Bonchev–Trinajstić information content (AvgIpc) is 2.66. The maximum atomic E-state index is 12.9. The molecule has 1 aliphatic rings. The monoisotopic (exact) mass is 402 g/mol. The van der Waals surface area contributed by atoms with Crippen molar-refractivity contribution in [3.63, 3.8) is 0 Å². The molecule has 0 radical (unpaired) electrons. The van der Waals surface area contributed by atoms with Crippen molar-refractivity contribution in [1.29, 1.82) is 0 Å². The fraction of sp³-hybridized carbons (Fsp3) is 0.565. The molecule has 0 heterocycles. The zero-order chi connectivity index (χ0) is 21.6. The van der Waals surface area contributed by atoms with E-state index >= 15 is 0 Å². The normalized spacial score (nSPS) is 20.0. The van der Waals surface area contributed by atoms with Crippen molar-refractivity contribution < 1.29 is 19.1 Å². The third kappa shape index (κ3) is 6.51. The van der Waals surface area contributed by atoms with E-state index in [4.69, 9.17) is 9.47 Å². The van der Waals surface area contributed by atoms with Gasteiger partial charge in [-0.3, -0.25) is 9.59 Å². The molecule has 0 atom stereocenters. The number of rotatable bonds is 6. The molecular formula is C23H34N2O4. The first-order valence-electron chi connectivity index (χ1n) is 10.2. The summed E-state index contributed by atoms with van der Waals surface area (Å²) in [6.07, 6.45) is 5.76. The van der Waals surface area contributed by atoms with Crippen LogP contribution in [0, 0.1) is 11.3 Å². The van der Waals surface area contributed by atoms with Gasteiger partial charge in [0.15, 0.2) is 11.5 Å². The lowest BCUT2D eigenvalue weighted by Gasteiger charge is -2.37. The van der Waals surface area contributed by atoms with Gasteiger partial charge >= 0.3 is 0 Å². The second kappa shape index (κ2) is 9.81. The van der Waals surface area contributed by atoms with E-state index in [9.17, 15) is 9.59 Å². The van der Waals surface area contributed by atoms with Gasteiger partial charge < -0.3 is 20.1 Å². The van der Waals surface area contributed by atoms with Crippen molar-refractivity contribution in [3.05, 3.63) is 29.5 Å². The average molecular weight is 403 g/mol. The highest BCUT2D eigenvalue weighted by molar-refractivity contribution is 6.01. The Bertz CT molecular complexity index is 757. The van der Waals surface area contributed by atoms with E-state index in [0.717, 1.165) is 31.2 Å². The third-order valence-electron chi connectivity index (χ3n) is 5.56. The molecule has 6 nitrogen and oxygen atoms in total. The summed E-state index contributed by atoms with van der Waals surface area (Å²) in [5.41, 5.74) is 1.25. The van der Waals surface area contributed by atoms with E-state index in [1.165, 1.54) is 6.92 Å². The minimum atomic E-state index is -0.289. The first kappa shape index (κ1) is 22.8. The zero-order valence-corrected chi connectivity index (χ0v) is 18.4. The van der Waals surface area contributed by atoms with Crippen LogP contribution in [0.15, 0.2) is 23.9 Å². The molecule has 160 valence electrons. The highest BCUT2D eigenvalue weighted by Crippen LogP contribution is 2.37. The molecule has 0 aliphatic heterocycles. The maximum absolute atomic E-state index is 12.9. The van der Waals surface area contributed by atoms with Crippen LogP contribution in [-0.2, 0) is 9.59 Å². The molecule has 0 saturated heterocycles. The zero-order valence-electron chi connectivity index (χ0n) is 18.4. The largest absolute Gasteiger partial charge is 0.493 e. The Balaban J connectivity index is 2.13. The lowest BCUT2D eigenvalue weighted by Crippen LogP contribution is -2.42. The Morgan fingerprint density at radius 2 is 1.66 bits per heavy atom. The Morgan fingerprint density at radius 3 is 2.17 bits per heavy atom. The molecule has 2 amide bonds. The van der Waals surface area contributed by atoms with Crippen molar-refractivity contribution in [3.8, 4) is 11.5 Å². The number of hydrogen-bond acceptors (Lipinski definition) is 4. The van der Waals surface area contributed by atoms with Crippen LogP contribution in [0.25, 0.3) is 6.08 Å². The minimum absolute atomic E-state index is 0.128. The SMILES string of the molecule is COc1ccc(/C=C(\NC(C)=O)C(=O)NC2CCC(C(C)(C)C)CC2)cc1OC. The van der Waals surface area contributed by atoms with Crippen LogP contribution in [0.1, 0.15) is 58.9 Å². The van der Waals surface area contributed by atoms with E-state index in [2.05, 4.69) is 31.4 Å². The summed E-state index contributed by atoms with van der Waals surface area (Å²) in [5, 5.41) is 5.74. The molecule has 2 N–H and O–H groups in total. The van der Waals surface area contributed by atoms with Crippen LogP contribution in [0.5, 0.6) is 11.5 Å². The van der Waals surface area contributed by atoms with Gasteiger partial charge in [0, 0.05) is 13.0 Å². The van der Waals surface area contributed by atoms with Gasteiger partial charge in [-0.1, -0.05) is 26.8 Å². The third-order valence-corrected chi connectivity index (χ3v) is 5.56. The summed E-state index contributed by atoms with van der Waals surface area (Å²) in [7, 11) is 3.12. The molecule has 29 heavy (non-hydrogen) atoms. The number of methoxy groups -OCH3 is 2. The minimum Gasteiger partial charge on any atom is -0.493 e. The van der Waals surface area contributed by atoms with E-state index in [1.54, 1.807) is 32.4 Å². The molecule has 0 unspecified atom stereocenters. The number of hydrogen-bond donors (Lipinski definition) is 2. The number of benzene rings is 1. The molecule has 0 aromatic heterocycles. The molecule has 0 bridgehead atoms. The summed E-state index contributed by atoms with van der Waals surface area (Å²) < 4.78 is 10.6. The molecule has 1 aliphatic carbocycles. The Kier molecular flexibility index (Phi) is 7.71. The highest BCUT2D eigenvalue weighted by Gasteiger charge is 2.30. The maximum Gasteiger partial charge on any atom is 0.268 e. The number of nitrogens with one attached hydrogen (secondary N) is 2. The van der Waals surface area contributed by atoms with E-state index in [0.29, 0.717) is 22.8 Å². The molecule has 6 heteroatoms. The Morgan fingerprint density at radius 1 is 1.03 bits per heavy atom. The number of carbonyl (C=O) groups excluding carboxylic acids is 2. The standard InChI is InChI=1S/C23H34N2O4/c1-15(26)24-19(13-16-7-12-20(28-5)21(14-16)29-6)22(27)25-18-10-8-17(9-11-18)23(2,3)4/h7,12-14,17-18H,8-11H2,1-6H3,(H,24,26)(H,25,27)/b19-13-. The molecule has 2 rings (SSSR count). The first-order chi connectivity index (χ1) is 13.6. The predicted molar refractivity (Wildman–Crippen MR) is 115 cm³/mol. The second-order valence-electron chi connectivity index (χ2n) is 8.74. The van der Waals surface area contributed by atoms with Gasteiger partial charge in [0.25, 0.3) is 5.91 Å². The van der Waals surface area contributed by atoms with Crippen LogP contribution >= 0.6 is 0 Å². The number of ether oxygens (including phenoxy) is 2. The lowest BCUT2D eigenvalue weighted by molar-refractivity contribution is -0.123. The highest BCUT2D eigenvalue weighted by atomic mass is 16.5. The Labute approximate surface area is 174 Å². The fourth-order valence-electron chi connectivity index (χ4n) is 3.82. The van der Waals surface area contributed by atoms with Gasteiger partial charge in [-0.2, -0.15) is 0 Å². The molecule has 1 aromatic rings. The summed E-state index contributed by atoms with van der Waals surface area (Å²) in [5.74, 6) is 1.28. The van der Waals surface area contributed by atoms with Gasteiger partial charge in [-0.15, -0.1) is 0 Å². The van der Waals surface area contributed by atoms with Gasteiger partial charge in [-0.25, -0.2) is 0 Å². The summed E-state index contributed by atoms with van der Waals surface area (Å²) >= 11 is 0. The molecule has 1 fully saturated rings. The summed E-state index contributed by atoms with van der Waals surface area (Å²) in [6.45, 7) is 8.22. The molecule has 1 saturated carbocycles. The molecule has 0 spiro atoms. The van der Waals surface area contributed by atoms with Crippen LogP contribution in [0.2, 0.25) is 0 Å². The van der Waals surface area contributed by atoms with Gasteiger partial charge in [0.05, 0.1) is 14.2 Å².